The third kappa shape index (κ3) is 4.89. The molecule has 10 heteroatoms. The summed E-state index contributed by atoms with van der Waals surface area (Å²) in [6.45, 7) is 4.67. The van der Waals surface area contributed by atoms with E-state index in [1.807, 2.05) is 18.4 Å². The van der Waals surface area contributed by atoms with Crippen molar-refractivity contribution in [2.45, 2.75) is 32.0 Å². The van der Waals surface area contributed by atoms with Crippen LogP contribution in [0.25, 0.3) is 0 Å². The molecule has 1 N–H and O–H groups in total. The molecule has 0 atom stereocenters. The molecule has 0 radical (unpaired) electrons. The number of carbonyl (C=O) groups excluding carboxylic acids is 3. The van der Waals surface area contributed by atoms with Crippen molar-refractivity contribution in [2.24, 2.45) is 0 Å². The highest BCUT2D eigenvalue weighted by Crippen LogP contribution is 2.22. The van der Waals surface area contributed by atoms with Crippen LogP contribution in [-0.2, 0) is 27.2 Å². The molecular weight excluding hydrogens is 384 g/mol. The number of aromatic nitrogens is 3. The van der Waals surface area contributed by atoms with Gasteiger partial charge < -0.3 is 19.4 Å². The van der Waals surface area contributed by atoms with E-state index >= 15 is 0 Å². The lowest BCUT2D eigenvalue weighted by molar-refractivity contribution is -0.113. The van der Waals surface area contributed by atoms with E-state index in [1.54, 1.807) is 0 Å². The standard InChI is InChI=1S/C18H22N4O5S/c1-5-14-20-21-18(22(14)6-2)28-10-15(23)19-13-9-11(16(24)26-3)7-8-12(13)17(25)27-4/h7-9H,5-6,10H2,1-4H3,(H,19,23). The molecule has 1 heterocycles. The number of hydrogen-bond donors (Lipinski definition) is 1. The fourth-order valence-electron chi connectivity index (χ4n) is 2.50. The van der Waals surface area contributed by atoms with Crippen LogP contribution in [0, 0.1) is 0 Å². The van der Waals surface area contributed by atoms with Crippen LogP contribution in [0.15, 0.2) is 23.4 Å². The Morgan fingerprint density at radius 2 is 1.82 bits per heavy atom. The highest BCUT2D eigenvalue weighted by molar-refractivity contribution is 7.99. The molecule has 0 saturated carbocycles. The molecule has 2 rings (SSSR count). The summed E-state index contributed by atoms with van der Waals surface area (Å²) in [7, 11) is 2.49. The summed E-state index contributed by atoms with van der Waals surface area (Å²) >= 11 is 1.24. The number of rotatable bonds is 8. The number of esters is 2. The van der Waals surface area contributed by atoms with Gasteiger partial charge in [0, 0.05) is 13.0 Å². The van der Waals surface area contributed by atoms with Gasteiger partial charge in [-0.05, 0) is 25.1 Å². The summed E-state index contributed by atoms with van der Waals surface area (Å²) in [5.74, 6) is -0.655. The second-order valence-corrected chi connectivity index (χ2v) is 6.52. The molecule has 150 valence electrons. The van der Waals surface area contributed by atoms with Crippen molar-refractivity contribution in [1.29, 1.82) is 0 Å². The van der Waals surface area contributed by atoms with E-state index in [4.69, 9.17) is 4.74 Å². The first-order chi connectivity index (χ1) is 13.4. The number of anilines is 1. The summed E-state index contributed by atoms with van der Waals surface area (Å²) < 4.78 is 11.3. The molecule has 0 spiro atoms. The maximum absolute atomic E-state index is 12.4. The molecule has 1 aromatic carbocycles. The molecule has 1 amide bonds. The first-order valence-electron chi connectivity index (χ1n) is 8.60. The summed E-state index contributed by atoms with van der Waals surface area (Å²) in [5, 5.41) is 11.5. The smallest absolute Gasteiger partial charge is 0.339 e. The van der Waals surface area contributed by atoms with Crippen LogP contribution in [0.3, 0.4) is 0 Å². The van der Waals surface area contributed by atoms with Gasteiger partial charge in [-0.25, -0.2) is 9.59 Å². The first-order valence-corrected chi connectivity index (χ1v) is 9.59. The SMILES string of the molecule is CCc1nnc(SCC(=O)Nc2cc(C(=O)OC)ccc2C(=O)OC)n1CC. The monoisotopic (exact) mass is 406 g/mol. The molecule has 9 nitrogen and oxygen atoms in total. The second kappa shape index (κ2) is 9.88. The lowest BCUT2D eigenvalue weighted by atomic mass is 10.1. The van der Waals surface area contributed by atoms with E-state index in [1.165, 1.54) is 44.2 Å². The van der Waals surface area contributed by atoms with Crippen molar-refractivity contribution >= 4 is 35.3 Å². The van der Waals surface area contributed by atoms with E-state index in [9.17, 15) is 14.4 Å². The molecule has 0 aliphatic rings. The van der Waals surface area contributed by atoms with Gasteiger partial charge in [0.05, 0.1) is 36.8 Å². The molecule has 0 saturated heterocycles. The quantitative estimate of drug-likeness (QED) is 0.524. The van der Waals surface area contributed by atoms with Crippen LogP contribution in [0.1, 0.15) is 40.4 Å². The summed E-state index contributed by atoms with van der Waals surface area (Å²) in [6, 6.07) is 4.21. The first kappa shape index (κ1) is 21.4. The maximum atomic E-state index is 12.4. The molecule has 0 unspecified atom stereocenters. The predicted octanol–water partition coefficient (Wildman–Crippen LogP) is 2.16. The summed E-state index contributed by atoms with van der Waals surface area (Å²) in [4.78, 5) is 36.1. The third-order valence-electron chi connectivity index (χ3n) is 3.88. The number of thioether (sulfide) groups is 1. The van der Waals surface area contributed by atoms with Crippen molar-refractivity contribution in [2.75, 3.05) is 25.3 Å². The largest absolute Gasteiger partial charge is 0.465 e. The zero-order valence-corrected chi connectivity index (χ0v) is 17.0. The Hall–Kier alpha value is -2.88. The van der Waals surface area contributed by atoms with Crippen molar-refractivity contribution in [3.05, 3.63) is 35.2 Å². The third-order valence-corrected chi connectivity index (χ3v) is 4.85. The van der Waals surface area contributed by atoms with E-state index in [0.29, 0.717) is 11.7 Å². The van der Waals surface area contributed by atoms with Crippen molar-refractivity contribution in [1.82, 2.24) is 14.8 Å². The Bertz CT molecular complexity index is 881. The van der Waals surface area contributed by atoms with E-state index in [0.717, 1.165) is 12.2 Å². The average Bonchev–Trinajstić information content (AvgIpc) is 3.12. The van der Waals surface area contributed by atoms with E-state index in [2.05, 4.69) is 20.3 Å². The fourth-order valence-corrected chi connectivity index (χ4v) is 3.32. The number of nitrogens with zero attached hydrogens (tertiary/aromatic N) is 3. The summed E-state index contributed by atoms with van der Waals surface area (Å²) in [5.41, 5.74) is 0.515. The Balaban J connectivity index is 2.16. The number of hydrogen-bond acceptors (Lipinski definition) is 8. The minimum atomic E-state index is -0.627. The minimum Gasteiger partial charge on any atom is -0.465 e. The van der Waals surface area contributed by atoms with Crippen molar-refractivity contribution in [3.63, 3.8) is 0 Å². The molecule has 0 aliphatic carbocycles. The predicted molar refractivity (Wildman–Crippen MR) is 104 cm³/mol. The van der Waals surface area contributed by atoms with Crippen LogP contribution in [-0.4, -0.2) is 52.6 Å². The van der Waals surface area contributed by atoms with Crippen LogP contribution >= 0.6 is 11.8 Å². The maximum Gasteiger partial charge on any atom is 0.339 e. The molecule has 0 aliphatic heterocycles. The number of ether oxygens (including phenoxy) is 2. The molecule has 0 fully saturated rings. The van der Waals surface area contributed by atoms with Gasteiger partial charge in [-0.1, -0.05) is 18.7 Å². The lowest BCUT2D eigenvalue weighted by Gasteiger charge is -2.11. The van der Waals surface area contributed by atoms with Crippen LogP contribution in [0.5, 0.6) is 0 Å². The minimum absolute atomic E-state index is 0.0604. The topological polar surface area (TPSA) is 112 Å². The normalized spacial score (nSPS) is 10.4. The van der Waals surface area contributed by atoms with Gasteiger partial charge in [0.25, 0.3) is 0 Å². The van der Waals surface area contributed by atoms with Gasteiger partial charge in [-0.15, -0.1) is 10.2 Å². The van der Waals surface area contributed by atoms with Crippen LogP contribution < -0.4 is 5.32 Å². The number of benzene rings is 1. The van der Waals surface area contributed by atoms with Crippen LogP contribution in [0.2, 0.25) is 0 Å². The van der Waals surface area contributed by atoms with Gasteiger partial charge in [0.1, 0.15) is 5.82 Å². The van der Waals surface area contributed by atoms with Gasteiger partial charge in [0.2, 0.25) is 5.91 Å². The highest BCUT2D eigenvalue weighted by atomic mass is 32.2. The molecular formula is C18H22N4O5S. The molecule has 2 aromatic rings. The average molecular weight is 406 g/mol. The van der Waals surface area contributed by atoms with Crippen molar-refractivity contribution < 1.29 is 23.9 Å². The highest BCUT2D eigenvalue weighted by Gasteiger charge is 2.18. The van der Waals surface area contributed by atoms with E-state index < -0.39 is 11.9 Å². The number of carbonyl (C=O) groups is 3. The van der Waals surface area contributed by atoms with Gasteiger partial charge in [-0.2, -0.15) is 0 Å². The van der Waals surface area contributed by atoms with Gasteiger partial charge in [0.15, 0.2) is 5.16 Å². The molecule has 28 heavy (non-hydrogen) atoms. The number of aryl methyl sites for hydroxylation is 1. The Morgan fingerprint density at radius 3 is 2.43 bits per heavy atom. The zero-order valence-electron chi connectivity index (χ0n) is 16.1. The zero-order chi connectivity index (χ0) is 20.7. The van der Waals surface area contributed by atoms with Gasteiger partial charge >= 0.3 is 11.9 Å². The molecule has 1 aromatic heterocycles. The number of amides is 1. The Labute approximate surface area is 166 Å². The van der Waals surface area contributed by atoms with Crippen LogP contribution in [0.4, 0.5) is 5.69 Å². The number of nitrogens with one attached hydrogen (secondary N) is 1. The molecule has 0 bridgehead atoms. The van der Waals surface area contributed by atoms with E-state index in [-0.39, 0.29) is 28.5 Å². The number of methoxy groups -OCH3 is 2. The fraction of sp³-hybridized carbons (Fsp3) is 0.389. The second-order valence-electron chi connectivity index (χ2n) is 5.58. The van der Waals surface area contributed by atoms with Gasteiger partial charge in [-0.3, -0.25) is 4.79 Å². The Morgan fingerprint density at radius 1 is 1.11 bits per heavy atom. The summed E-state index contributed by atoms with van der Waals surface area (Å²) in [6.07, 6.45) is 0.746. The van der Waals surface area contributed by atoms with Crippen molar-refractivity contribution in [3.8, 4) is 0 Å². The lowest BCUT2D eigenvalue weighted by Crippen LogP contribution is -2.18. The Kier molecular flexibility index (Phi) is 7.56.